The predicted octanol–water partition coefficient (Wildman–Crippen LogP) is 3.77. The van der Waals surface area contributed by atoms with Crippen LogP contribution in [0.1, 0.15) is 53.2 Å². The van der Waals surface area contributed by atoms with E-state index in [0.29, 0.717) is 11.6 Å². The van der Waals surface area contributed by atoms with E-state index >= 15 is 0 Å². The molecule has 4 rings (SSSR count). The van der Waals surface area contributed by atoms with Crippen molar-refractivity contribution in [2.24, 2.45) is 0 Å². The van der Waals surface area contributed by atoms with Crippen molar-refractivity contribution < 1.29 is 4.79 Å². The number of nitrogens with one attached hydrogen (secondary N) is 1. The Labute approximate surface area is 189 Å². The van der Waals surface area contributed by atoms with Crippen LogP contribution in [0.3, 0.4) is 0 Å². The smallest absolute Gasteiger partial charge is 0.251 e. The van der Waals surface area contributed by atoms with Crippen molar-refractivity contribution in [2.45, 2.75) is 60.3 Å². The summed E-state index contributed by atoms with van der Waals surface area (Å²) in [6.07, 6.45) is 5.68. The third kappa shape index (κ3) is 4.64. The van der Waals surface area contributed by atoms with E-state index in [1.54, 1.807) is 10.9 Å². The molecule has 1 fully saturated rings. The number of carbonyl (C=O) groups is 1. The van der Waals surface area contributed by atoms with E-state index in [4.69, 9.17) is 0 Å². The third-order valence-corrected chi connectivity index (χ3v) is 5.93. The van der Waals surface area contributed by atoms with Gasteiger partial charge in [0.15, 0.2) is 0 Å². The number of aryl methyl sites for hydroxylation is 4. The van der Waals surface area contributed by atoms with Crippen molar-refractivity contribution in [1.82, 2.24) is 24.7 Å². The van der Waals surface area contributed by atoms with Gasteiger partial charge in [-0.2, -0.15) is 5.10 Å². The van der Waals surface area contributed by atoms with E-state index in [9.17, 15) is 4.79 Å². The van der Waals surface area contributed by atoms with E-state index in [0.717, 1.165) is 52.8 Å². The number of carbonyl (C=O) groups excluding carboxylic acids is 1. The fourth-order valence-corrected chi connectivity index (χ4v) is 4.37. The molecule has 32 heavy (non-hydrogen) atoms. The van der Waals surface area contributed by atoms with E-state index in [1.807, 2.05) is 39.8 Å². The summed E-state index contributed by atoms with van der Waals surface area (Å²) in [5.74, 6) is 1.45. The lowest BCUT2D eigenvalue weighted by atomic mass is 10.1. The van der Waals surface area contributed by atoms with Gasteiger partial charge in [-0.25, -0.2) is 19.6 Å². The van der Waals surface area contributed by atoms with Crippen LogP contribution in [0, 0.1) is 34.6 Å². The lowest BCUT2D eigenvalue weighted by Gasteiger charge is -2.29. The molecule has 168 valence electrons. The van der Waals surface area contributed by atoms with E-state index in [1.165, 1.54) is 19.3 Å². The number of hydrogen-bond acceptors (Lipinski definition) is 6. The number of amides is 1. The van der Waals surface area contributed by atoms with Gasteiger partial charge in [-0.3, -0.25) is 4.79 Å². The highest BCUT2D eigenvalue weighted by Gasteiger charge is 2.19. The van der Waals surface area contributed by atoms with Gasteiger partial charge in [0.1, 0.15) is 5.82 Å². The SMILES string of the molecule is Cc1cc(C)nc(-n2nc(C)c(CC(=O)Nc3cnc(N4CCCCC4)c(C)c3)c2C)n1. The number of nitrogens with zero attached hydrogens (tertiary/aromatic N) is 6. The molecule has 0 spiro atoms. The molecule has 3 aromatic rings. The molecule has 1 aliphatic heterocycles. The third-order valence-electron chi connectivity index (χ3n) is 5.93. The van der Waals surface area contributed by atoms with Crippen LogP contribution in [-0.4, -0.2) is 43.7 Å². The minimum absolute atomic E-state index is 0.0935. The fraction of sp³-hybridized carbons (Fsp3) is 0.458. The van der Waals surface area contributed by atoms with Crippen LogP contribution >= 0.6 is 0 Å². The van der Waals surface area contributed by atoms with Crippen LogP contribution in [0.25, 0.3) is 5.95 Å². The van der Waals surface area contributed by atoms with Crippen LogP contribution in [0.4, 0.5) is 11.5 Å². The Morgan fingerprint density at radius 2 is 1.69 bits per heavy atom. The van der Waals surface area contributed by atoms with Crippen molar-refractivity contribution in [3.05, 3.63) is 52.2 Å². The Hall–Kier alpha value is -3.29. The van der Waals surface area contributed by atoms with Gasteiger partial charge in [0.25, 0.3) is 5.95 Å². The Bertz CT molecular complexity index is 1130. The zero-order valence-corrected chi connectivity index (χ0v) is 19.6. The first-order valence-electron chi connectivity index (χ1n) is 11.2. The molecule has 0 radical (unpaired) electrons. The largest absolute Gasteiger partial charge is 0.356 e. The van der Waals surface area contributed by atoms with Gasteiger partial charge in [0.2, 0.25) is 5.91 Å². The maximum atomic E-state index is 12.8. The molecule has 0 bridgehead atoms. The summed E-state index contributed by atoms with van der Waals surface area (Å²) in [6, 6.07) is 3.93. The second kappa shape index (κ2) is 9.06. The number of pyridine rings is 1. The summed E-state index contributed by atoms with van der Waals surface area (Å²) in [7, 11) is 0. The maximum absolute atomic E-state index is 12.8. The minimum Gasteiger partial charge on any atom is -0.356 e. The normalized spacial score (nSPS) is 14.0. The van der Waals surface area contributed by atoms with Crippen molar-refractivity contribution in [3.63, 3.8) is 0 Å². The molecule has 1 aliphatic rings. The molecule has 8 heteroatoms. The van der Waals surface area contributed by atoms with Gasteiger partial charge < -0.3 is 10.2 Å². The van der Waals surface area contributed by atoms with Crippen LogP contribution in [0.2, 0.25) is 0 Å². The second-order valence-corrected chi connectivity index (χ2v) is 8.65. The molecule has 3 aromatic heterocycles. The monoisotopic (exact) mass is 433 g/mol. The Morgan fingerprint density at radius 1 is 1.00 bits per heavy atom. The lowest BCUT2D eigenvalue weighted by Crippen LogP contribution is -2.30. The van der Waals surface area contributed by atoms with Crippen LogP contribution in [0.5, 0.6) is 0 Å². The summed E-state index contributed by atoms with van der Waals surface area (Å²) < 4.78 is 1.72. The van der Waals surface area contributed by atoms with Crippen LogP contribution in [0.15, 0.2) is 18.3 Å². The first-order chi connectivity index (χ1) is 15.3. The second-order valence-electron chi connectivity index (χ2n) is 8.65. The first-order valence-corrected chi connectivity index (χ1v) is 11.2. The lowest BCUT2D eigenvalue weighted by molar-refractivity contribution is -0.115. The highest BCUT2D eigenvalue weighted by Crippen LogP contribution is 2.24. The number of hydrogen-bond donors (Lipinski definition) is 1. The number of anilines is 2. The summed E-state index contributed by atoms with van der Waals surface area (Å²) in [4.78, 5) is 28.8. The van der Waals surface area contributed by atoms with Gasteiger partial charge in [-0.1, -0.05) is 0 Å². The van der Waals surface area contributed by atoms with E-state index in [2.05, 4.69) is 37.2 Å². The van der Waals surface area contributed by atoms with Crippen molar-refractivity contribution in [3.8, 4) is 5.95 Å². The summed E-state index contributed by atoms with van der Waals surface area (Å²) in [6.45, 7) is 11.9. The van der Waals surface area contributed by atoms with Gasteiger partial charge >= 0.3 is 0 Å². The summed E-state index contributed by atoms with van der Waals surface area (Å²) in [5.41, 5.74) is 6.13. The number of rotatable bonds is 5. The molecular weight excluding hydrogens is 402 g/mol. The summed E-state index contributed by atoms with van der Waals surface area (Å²) >= 11 is 0. The minimum atomic E-state index is -0.0935. The molecule has 1 N–H and O–H groups in total. The van der Waals surface area contributed by atoms with Gasteiger partial charge in [-0.15, -0.1) is 0 Å². The molecule has 0 aromatic carbocycles. The Morgan fingerprint density at radius 3 is 2.34 bits per heavy atom. The van der Waals surface area contributed by atoms with Crippen molar-refractivity contribution in [1.29, 1.82) is 0 Å². The molecule has 0 aliphatic carbocycles. The fourth-order valence-electron chi connectivity index (χ4n) is 4.37. The average molecular weight is 434 g/mol. The number of piperidine rings is 1. The quantitative estimate of drug-likeness (QED) is 0.659. The van der Waals surface area contributed by atoms with Gasteiger partial charge in [-0.05, 0) is 71.6 Å². The first kappa shape index (κ1) is 21.9. The zero-order chi connectivity index (χ0) is 22.8. The standard InChI is InChI=1S/C24H31N7O/c1-15-11-20(14-25-23(15)30-9-7-6-8-10-30)28-22(32)13-21-18(4)29-31(19(21)5)24-26-16(2)12-17(3)27-24/h11-12,14H,6-10,13H2,1-5H3,(H,28,32). The predicted molar refractivity (Wildman–Crippen MR) is 125 cm³/mol. The Balaban J connectivity index is 1.49. The van der Waals surface area contributed by atoms with E-state index in [-0.39, 0.29) is 12.3 Å². The summed E-state index contributed by atoms with van der Waals surface area (Å²) in [5, 5.41) is 7.59. The topological polar surface area (TPSA) is 88.8 Å². The van der Waals surface area contributed by atoms with E-state index < -0.39 is 0 Å². The van der Waals surface area contributed by atoms with Crippen LogP contribution < -0.4 is 10.2 Å². The van der Waals surface area contributed by atoms with Crippen LogP contribution in [-0.2, 0) is 11.2 Å². The molecule has 0 saturated carbocycles. The molecule has 1 amide bonds. The number of aromatic nitrogens is 5. The van der Waals surface area contributed by atoms with Gasteiger partial charge in [0.05, 0.1) is 24.0 Å². The molecular formula is C24H31N7O. The Kier molecular flexibility index (Phi) is 6.21. The highest BCUT2D eigenvalue weighted by atomic mass is 16.1. The van der Waals surface area contributed by atoms with Crippen molar-refractivity contribution >= 4 is 17.4 Å². The molecule has 0 atom stereocenters. The molecule has 4 heterocycles. The van der Waals surface area contributed by atoms with Crippen molar-refractivity contribution in [2.75, 3.05) is 23.3 Å². The highest BCUT2D eigenvalue weighted by molar-refractivity contribution is 5.92. The zero-order valence-electron chi connectivity index (χ0n) is 19.6. The van der Waals surface area contributed by atoms with Gasteiger partial charge in [0, 0.05) is 35.7 Å². The molecule has 0 unspecified atom stereocenters. The maximum Gasteiger partial charge on any atom is 0.251 e. The average Bonchev–Trinajstić information content (AvgIpc) is 3.02. The molecule has 1 saturated heterocycles. The molecule has 8 nitrogen and oxygen atoms in total.